The van der Waals surface area contributed by atoms with Gasteiger partial charge in [-0.2, -0.15) is 5.10 Å². The first-order valence-electron chi connectivity index (χ1n) is 6.83. The van der Waals surface area contributed by atoms with Crippen molar-refractivity contribution in [1.29, 1.82) is 0 Å². The number of carbonyl (C=O) groups excluding carboxylic acids is 1. The maximum atomic E-state index is 11.8. The summed E-state index contributed by atoms with van der Waals surface area (Å²) in [6, 6.07) is 6.51. The van der Waals surface area contributed by atoms with Crippen molar-refractivity contribution in [2.45, 2.75) is 13.1 Å². The number of hydrogen-bond acceptors (Lipinski definition) is 6. The third-order valence-corrected chi connectivity index (χ3v) is 3.00. The van der Waals surface area contributed by atoms with Gasteiger partial charge in [0.1, 0.15) is 12.2 Å². The highest BCUT2D eigenvalue weighted by Gasteiger charge is 2.07. The lowest BCUT2D eigenvalue weighted by atomic mass is 10.4. The van der Waals surface area contributed by atoms with Crippen molar-refractivity contribution in [3.05, 3.63) is 65.1 Å². The van der Waals surface area contributed by atoms with Gasteiger partial charge in [0.05, 0.1) is 24.6 Å². The van der Waals surface area contributed by atoms with Gasteiger partial charge in [0.25, 0.3) is 5.56 Å². The molecule has 0 aliphatic carbocycles. The zero-order valence-corrected chi connectivity index (χ0v) is 12.0. The van der Waals surface area contributed by atoms with Crippen molar-refractivity contribution in [2.75, 3.05) is 0 Å². The largest absolute Gasteiger partial charge is 0.349 e. The summed E-state index contributed by atoms with van der Waals surface area (Å²) in [5.74, 6) is -0.332. The van der Waals surface area contributed by atoms with E-state index in [-0.39, 0.29) is 24.6 Å². The van der Waals surface area contributed by atoms with Gasteiger partial charge in [-0.25, -0.2) is 9.36 Å². The smallest absolute Gasteiger partial charge is 0.267 e. The molecule has 0 spiro atoms. The van der Waals surface area contributed by atoms with Crippen LogP contribution < -0.4 is 10.9 Å². The van der Waals surface area contributed by atoms with E-state index in [0.717, 1.165) is 10.4 Å². The quantitative estimate of drug-likeness (QED) is 0.683. The lowest BCUT2D eigenvalue weighted by molar-refractivity contribution is -0.122. The highest BCUT2D eigenvalue weighted by Crippen LogP contribution is 2.03. The molecule has 116 valence electrons. The Bertz CT molecular complexity index is 857. The van der Waals surface area contributed by atoms with Gasteiger partial charge in [-0.05, 0) is 18.2 Å². The van der Waals surface area contributed by atoms with E-state index in [0.29, 0.717) is 5.69 Å². The summed E-state index contributed by atoms with van der Waals surface area (Å²) in [6.07, 6.45) is 6.48. The first kappa shape index (κ1) is 14.6. The molecule has 3 aromatic rings. The molecule has 0 radical (unpaired) electrons. The highest BCUT2D eigenvalue weighted by atomic mass is 16.2. The monoisotopic (exact) mass is 311 g/mol. The Morgan fingerprint density at radius 3 is 2.87 bits per heavy atom. The van der Waals surface area contributed by atoms with Gasteiger partial charge >= 0.3 is 0 Å². The Kier molecular flexibility index (Phi) is 4.18. The SMILES string of the molecule is O=C(Cn1ncccc1=O)NCc1cn(-c2cccnc2)nn1. The van der Waals surface area contributed by atoms with Crippen LogP contribution in [0.15, 0.2) is 53.8 Å². The zero-order valence-electron chi connectivity index (χ0n) is 12.0. The molecule has 3 heterocycles. The van der Waals surface area contributed by atoms with E-state index in [9.17, 15) is 9.59 Å². The van der Waals surface area contributed by atoms with Gasteiger partial charge in [-0.3, -0.25) is 14.6 Å². The minimum absolute atomic E-state index is 0.142. The average Bonchev–Trinajstić information content (AvgIpc) is 3.05. The second-order valence-electron chi connectivity index (χ2n) is 4.66. The predicted molar refractivity (Wildman–Crippen MR) is 79.5 cm³/mol. The van der Waals surface area contributed by atoms with Crippen LogP contribution in [-0.2, 0) is 17.9 Å². The number of hydrogen-bond donors (Lipinski definition) is 1. The van der Waals surface area contributed by atoms with Gasteiger partial charge in [0.2, 0.25) is 5.91 Å². The van der Waals surface area contributed by atoms with Crippen molar-refractivity contribution in [3.63, 3.8) is 0 Å². The molecule has 0 unspecified atom stereocenters. The van der Waals surface area contributed by atoms with Crippen molar-refractivity contribution in [3.8, 4) is 5.69 Å². The first-order chi connectivity index (χ1) is 11.2. The standard InChI is InChI=1S/C14H13N7O2/c22-13(10-21-14(23)4-2-6-17-21)16-7-11-9-20(19-18-11)12-3-1-5-15-8-12/h1-6,8-9H,7,10H2,(H,16,22). The van der Waals surface area contributed by atoms with Gasteiger partial charge in [-0.1, -0.05) is 5.21 Å². The number of aromatic nitrogens is 6. The second-order valence-corrected chi connectivity index (χ2v) is 4.66. The summed E-state index contributed by atoms with van der Waals surface area (Å²) >= 11 is 0. The van der Waals surface area contributed by atoms with Gasteiger partial charge in [0, 0.05) is 18.5 Å². The molecular formula is C14H13N7O2. The third-order valence-electron chi connectivity index (χ3n) is 3.00. The number of pyridine rings is 1. The van der Waals surface area contributed by atoms with Crippen LogP contribution in [0, 0.1) is 0 Å². The van der Waals surface area contributed by atoms with E-state index in [4.69, 9.17) is 0 Å². The third kappa shape index (κ3) is 3.64. The topological polar surface area (TPSA) is 108 Å². The highest BCUT2D eigenvalue weighted by molar-refractivity contribution is 5.75. The van der Waals surface area contributed by atoms with Crippen LogP contribution in [0.3, 0.4) is 0 Å². The van der Waals surface area contributed by atoms with E-state index in [1.165, 1.54) is 18.3 Å². The van der Waals surface area contributed by atoms with Gasteiger partial charge in [0.15, 0.2) is 0 Å². The first-order valence-corrected chi connectivity index (χ1v) is 6.83. The molecular weight excluding hydrogens is 298 g/mol. The normalized spacial score (nSPS) is 10.4. The number of amides is 1. The van der Waals surface area contributed by atoms with Crippen LogP contribution in [0.2, 0.25) is 0 Å². The molecule has 9 heteroatoms. The van der Waals surface area contributed by atoms with Crippen molar-refractivity contribution >= 4 is 5.91 Å². The van der Waals surface area contributed by atoms with E-state index in [1.807, 2.05) is 6.07 Å². The van der Waals surface area contributed by atoms with E-state index < -0.39 is 0 Å². The molecule has 0 fully saturated rings. The van der Waals surface area contributed by atoms with E-state index in [2.05, 4.69) is 25.7 Å². The molecule has 3 rings (SSSR count). The second kappa shape index (κ2) is 6.60. The van der Waals surface area contributed by atoms with Crippen LogP contribution in [0.4, 0.5) is 0 Å². The summed E-state index contributed by atoms with van der Waals surface area (Å²) in [7, 11) is 0. The maximum absolute atomic E-state index is 11.8. The Morgan fingerprint density at radius 2 is 2.09 bits per heavy atom. The summed E-state index contributed by atoms with van der Waals surface area (Å²) in [4.78, 5) is 27.3. The summed E-state index contributed by atoms with van der Waals surface area (Å²) < 4.78 is 2.65. The average molecular weight is 311 g/mol. The van der Waals surface area contributed by atoms with Gasteiger partial charge in [-0.15, -0.1) is 5.10 Å². The lowest BCUT2D eigenvalue weighted by Crippen LogP contribution is -2.32. The lowest BCUT2D eigenvalue weighted by Gasteiger charge is -2.04. The molecule has 0 bridgehead atoms. The Morgan fingerprint density at radius 1 is 1.22 bits per heavy atom. The Balaban J connectivity index is 1.59. The van der Waals surface area contributed by atoms with Crippen LogP contribution in [0.1, 0.15) is 5.69 Å². The fourth-order valence-corrected chi connectivity index (χ4v) is 1.88. The summed E-state index contributed by atoms with van der Waals surface area (Å²) in [6.45, 7) is 0.0666. The Labute approximate surface area is 130 Å². The minimum atomic E-state index is -0.332. The zero-order chi connectivity index (χ0) is 16.1. The number of rotatable bonds is 5. The van der Waals surface area contributed by atoms with Crippen LogP contribution in [-0.4, -0.2) is 35.7 Å². The fourth-order valence-electron chi connectivity index (χ4n) is 1.88. The van der Waals surface area contributed by atoms with E-state index in [1.54, 1.807) is 29.3 Å². The maximum Gasteiger partial charge on any atom is 0.267 e. The molecule has 1 amide bonds. The molecule has 3 aromatic heterocycles. The number of nitrogens with one attached hydrogen (secondary N) is 1. The molecule has 0 saturated heterocycles. The molecule has 0 aliphatic heterocycles. The van der Waals surface area contributed by atoms with Crippen LogP contribution in [0.5, 0.6) is 0 Å². The van der Waals surface area contributed by atoms with Crippen LogP contribution in [0.25, 0.3) is 5.69 Å². The van der Waals surface area contributed by atoms with Crippen molar-refractivity contribution < 1.29 is 4.79 Å². The summed E-state index contributed by atoms with van der Waals surface area (Å²) in [5, 5.41) is 14.4. The van der Waals surface area contributed by atoms with Crippen LogP contribution >= 0.6 is 0 Å². The number of carbonyl (C=O) groups is 1. The molecule has 0 saturated carbocycles. The predicted octanol–water partition coefficient (Wildman–Crippen LogP) is -0.465. The molecule has 0 atom stereocenters. The fraction of sp³-hybridized carbons (Fsp3) is 0.143. The molecule has 0 aliphatic rings. The van der Waals surface area contributed by atoms with Crippen molar-refractivity contribution in [2.24, 2.45) is 0 Å². The van der Waals surface area contributed by atoms with Crippen molar-refractivity contribution in [1.82, 2.24) is 35.1 Å². The minimum Gasteiger partial charge on any atom is -0.349 e. The molecule has 23 heavy (non-hydrogen) atoms. The summed E-state index contributed by atoms with van der Waals surface area (Å²) in [5.41, 5.74) is 1.04. The number of nitrogens with zero attached hydrogens (tertiary/aromatic N) is 6. The Hall–Kier alpha value is -3.36. The molecule has 1 N–H and O–H groups in total. The van der Waals surface area contributed by atoms with E-state index >= 15 is 0 Å². The molecule has 0 aromatic carbocycles. The van der Waals surface area contributed by atoms with Gasteiger partial charge < -0.3 is 5.32 Å². The molecule has 9 nitrogen and oxygen atoms in total.